The van der Waals surface area contributed by atoms with Gasteiger partial charge in [0.15, 0.2) is 0 Å². The SMILES string of the molecule is CN(C)CCn1nc(C2CCCC2)c(S(=O)(=O)Cl)c1Cl. The summed E-state index contributed by atoms with van der Waals surface area (Å²) in [5, 5.41) is 4.55. The molecule has 1 aromatic rings. The molecule has 0 N–H and O–H groups in total. The molecule has 0 unspecified atom stereocenters. The van der Waals surface area contributed by atoms with Gasteiger partial charge in [0.1, 0.15) is 10.0 Å². The van der Waals surface area contributed by atoms with Gasteiger partial charge >= 0.3 is 0 Å². The van der Waals surface area contributed by atoms with Crippen molar-refractivity contribution in [3.63, 3.8) is 0 Å². The topological polar surface area (TPSA) is 55.2 Å². The first-order valence-electron chi connectivity index (χ1n) is 6.66. The Morgan fingerprint density at radius 2 is 1.95 bits per heavy atom. The number of hydrogen-bond acceptors (Lipinski definition) is 4. The Labute approximate surface area is 129 Å². The summed E-state index contributed by atoms with van der Waals surface area (Å²) in [6.45, 7) is 1.27. The van der Waals surface area contributed by atoms with E-state index in [1.54, 1.807) is 4.68 Å². The van der Waals surface area contributed by atoms with E-state index in [0.717, 1.165) is 32.2 Å². The van der Waals surface area contributed by atoms with Gasteiger partial charge in [-0.3, -0.25) is 4.68 Å². The third kappa shape index (κ3) is 3.47. The molecule has 1 aliphatic rings. The second kappa shape index (κ2) is 6.22. The van der Waals surface area contributed by atoms with Crippen molar-refractivity contribution < 1.29 is 8.42 Å². The molecule has 1 saturated carbocycles. The lowest BCUT2D eigenvalue weighted by Crippen LogP contribution is -2.19. The quantitative estimate of drug-likeness (QED) is 0.774. The third-order valence-electron chi connectivity index (χ3n) is 3.62. The van der Waals surface area contributed by atoms with Crippen LogP contribution in [-0.4, -0.2) is 43.7 Å². The van der Waals surface area contributed by atoms with Gasteiger partial charge in [-0.25, -0.2) is 8.42 Å². The minimum Gasteiger partial charge on any atom is -0.308 e. The van der Waals surface area contributed by atoms with Crippen molar-refractivity contribution in [3.05, 3.63) is 10.8 Å². The standard InChI is InChI=1S/C12H19Cl2N3O2S/c1-16(2)7-8-17-12(13)11(20(14,18)19)10(15-17)9-5-3-4-6-9/h9H,3-8H2,1-2H3. The fourth-order valence-corrected chi connectivity index (χ4v) is 4.44. The van der Waals surface area contributed by atoms with Crippen LogP contribution in [0.15, 0.2) is 4.90 Å². The fourth-order valence-electron chi connectivity index (χ4n) is 2.58. The first-order chi connectivity index (χ1) is 9.30. The lowest BCUT2D eigenvalue weighted by molar-refractivity contribution is 0.372. The zero-order valence-electron chi connectivity index (χ0n) is 11.6. The van der Waals surface area contributed by atoms with Crippen molar-refractivity contribution in [1.82, 2.24) is 14.7 Å². The molecule has 0 bridgehead atoms. The van der Waals surface area contributed by atoms with Crippen LogP contribution in [0.3, 0.4) is 0 Å². The molecule has 1 aliphatic carbocycles. The lowest BCUT2D eigenvalue weighted by Gasteiger charge is -2.09. The third-order valence-corrected chi connectivity index (χ3v) is 5.47. The fraction of sp³-hybridized carbons (Fsp3) is 0.750. The van der Waals surface area contributed by atoms with Crippen LogP contribution in [0.4, 0.5) is 0 Å². The largest absolute Gasteiger partial charge is 0.308 e. The molecule has 114 valence electrons. The maximum absolute atomic E-state index is 11.8. The first kappa shape index (κ1) is 16.1. The maximum Gasteiger partial charge on any atom is 0.266 e. The number of hydrogen-bond donors (Lipinski definition) is 0. The predicted octanol–water partition coefficient (Wildman–Crippen LogP) is 2.68. The zero-order valence-corrected chi connectivity index (χ0v) is 14.0. The van der Waals surface area contributed by atoms with E-state index in [9.17, 15) is 8.42 Å². The average molecular weight is 340 g/mol. The number of likely N-dealkylation sites (N-methyl/N-ethyl adjacent to an activating group) is 1. The van der Waals surface area contributed by atoms with Crippen molar-refractivity contribution in [2.45, 2.75) is 43.0 Å². The number of aromatic nitrogens is 2. The Hall–Kier alpha value is -0.300. The molecule has 0 spiro atoms. The van der Waals surface area contributed by atoms with Gasteiger partial charge in [-0.05, 0) is 26.9 Å². The van der Waals surface area contributed by atoms with E-state index < -0.39 is 9.05 Å². The summed E-state index contributed by atoms with van der Waals surface area (Å²) < 4.78 is 25.1. The predicted molar refractivity (Wildman–Crippen MR) is 80.0 cm³/mol. The highest BCUT2D eigenvalue weighted by Crippen LogP contribution is 2.40. The van der Waals surface area contributed by atoms with Gasteiger partial charge in [0.2, 0.25) is 0 Å². The van der Waals surface area contributed by atoms with Crippen LogP contribution >= 0.6 is 22.3 Å². The van der Waals surface area contributed by atoms with Crippen molar-refractivity contribution in [3.8, 4) is 0 Å². The van der Waals surface area contributed by atoms with Gasteiger partial charge in [-0.1, -0.05) is 24.4 Å². The molecule has 8 heteroatoms. The zero-order chi connectivity index (χ0) is 14.9. The monoisotopic (exact) mass is 339 g/mol. The van der Waals surface area contributed by atoms with Gasteiger partial charge in [0.05, 0.1) is 12.2 Å². The van der Waals surface area contributed by atoms with Crippen LogP contribution in [0, 0.1) is 0 Å². The summed E-state index contributed by atoms with van der Waals surface area (Å²) in [5.41, 5.74) is 0.543. The first-order valence-corrected chi connectivity index (χ1v) is 9.35. The molecule has 0 radical (unpaired) electrons. The number of nitrogens with zero attached hydrogens (tertiary/aromatic N) is 3. The Morgan fingerprint density at radius 1 is 1.35 bits per heavy atom. The minimum absolute atomic E-state index is 0.00601. The second-order valence-corrected chi connectivity index (χ2v) is 8.31. The highest BCUT2D eigenvalue weighted by molar-refractivity contribution is 8.13. The summed E-state index contributed by atoms with van der Waals surface area (Å²) in [5.74, 6) is 0.150. The van der Waals surface area contributed by atoms with Crippen LogP contribution in [0.5, 0.6) is 0 Å². The molecular weight excluding hydrogens is 321 g/mol. The molecule has 1 fully saturated rings. The van der Waals surface area contributed by atoms with Crippen LogP contribution in [-0.2, 0) is 15.6 Å². The van der Waals surface area contributed by atoms with E-state index >= 15 is 0 Å². The summed E-state index contributed by atoms with van der Waals surface area (Å²) in [6.07, 6.45) is 4.07. The smallest absolute Gasteiger partial charge is 0.266 e. The molecule has 1 aromatic heterocycles. The van der Waals surface area contributed by atoms with Crippen LogP contribution < -0.4 is 0 Å². The molecule has 20 heavy (non-hydrogen) atoms. The van der Waals surface area contributed by atoms with Crippen LogP contribution in [0.25, 0.3) is 0 Å². The van der Waals surface area contributed by atoms with Crippen molar-refractivity contribution in [2.24, 2.45) is 0 Å². The Balaban J connectivity index is 2.41. The molecule has 5 nitrogen and oxygen atoms in total. The lowest BCUT2D eigenvalue weighted by atomic mass is 10.1. The molecular formula is C12H19Cl2N3O2S. The second-order valence-electron chi connectivity index (χ2n) is 5.45. The summed E-state index contributed by atoms with van der Waals surface area (Å²) in [4.78, 5) is 1.99. The van der Waals surface area contributed by atoms with Gasteiger partial charge in [0.25, 0.3) is 9.05 Å². The number of halogens is 2. The van der Waals surface area contributed by atoms with Crippen molar-refractivity contribution in [2.75, 3.05) is 20.6 Å². The van der Waals surface area contributed by atoms with E-state index in [1.165, 1.54) is 0 Å². The van der Waals surface area contributed by atoms with E-state index in [1.807, 2.05) is 19.0 Å². The molecule has 0 atom stereocenters. The van der Waals surface area contributed by atoms with Crippen molar-refractivity contribution >= 4 is 31.3 Å². The highest BCUT2D eigenvalue weighted by atomic mass is 35.7. The molecule has 1 heterocycles. The average Bonchev–Trinajstić information content (AvgIpc) is 2.92. The normalized spacial score (nSPS) is 17.2. The van der Waals surface area contributed by atoms with Gasteiger partial charge < -0.3 is 4.90 Å². The maximum atomic E-state index is 11.8. The van der Waals surface area contributed by atoms with Crippen LogP contribution in [0.2, 0.25) is 5.15 Å². The highest BCUT2D eigenvalue weighted by Gasteiger charge is 2.32. The summed E-state index contributed by atoms with van der Waals surface area (Å²) >= 11 is 6.19. The van der Waals surface area contributed by atoms with Gasteiger partial charge in [0, 0.05) is 23.1 Å². The van der Waals surface area contributed by atoms with Crippen molar-refractivity contribution in [1.29, 1.82) is 0 Å². The minimum atomic E-state index is -3.88. The Morgan fingerprint density at radius 3 is 2.45 bits per heavy atom. The van der Waals surface area contributed by atoms with E-state index in [0.29, 0.717) is 12.2 Å². The summed E-state index contributed by atoms with van der Waals surface area (Å²) in [6, 6.07) is 0. The van der Waals surface area contributed by atoms with Gasteiger partial charge in [-0.15, -0.1) is 0 Å². The Bertz CT molecular complexity index is 578. The Kier molecular flexibility index (Phi) is 5.00. The molecule has 0 aromatic carbocycles. The molecule has 0 aliphatic heterocycles. The number of rotatable bonds is 5. The molecule has 2 rings (SSSR count). The van der Waals surface area contributed by atoms with E-state index in [2.05, 4.69) is 5.10 Å². The summed E-state index contributed by atoms with van der Waals surface area (Å²) in [7, 11) is 5.55. The van der Waals surface area contributed by atoms with E-state index in [4.69, 9.17) is 22.3 Å². The van der Waals surface area contributed by atoms with Gasteiger partial charge in [-0.2, -0.15) is 5.10 Å². The molecule has 0 amide bonds. The molecule has 0 saturated heterocycles. The van der Waals surface area contributed by atoms with E-state index in [-0.39, 0.29) is 16.0 Å². The van der Waals surface area contributed by atoms with Crippen LogP contribution in [0.1, 0.15) is 37.3 Å².